The number of hydrogen-bond acceptors (Lipinski definition) is 4. The number of carbonyl (C=O) groups is 3. The summed E-state index contributed by atoms with van der Waals surface area (Å²) in [5.74, 6) is 0.448. The normalized spacial score (nSPS) is 20.4. The average Bonchev–Trinajstić information content (AvgIpc) is 2.96. The number of benzene rings is 1. The van der Waals surface area contributed by atoms with Gasteiger partial charge in [0.05, 0.1) is 12.1 Å². The van der Waals surface area contributed by atoms with Gasteiger partial charge in [-0.05, 0) is 37.3 Å². The lowest BCUT2D eigenvalue weighted by molar-refractivity contribution is -0.132. The highest BCUT2D eigenvalue weighted by Gasteiger charge is 2.31. The monoisotopic (exact) mass is 413 g/mol. The second-order valence-corrected chi connectivity index (χ2v) is 7.56. The van der Waals surface area contributed by atoms with Crippen LogP contribution in [0, 0.1) is 0 Å². The number of carbonyl (C=O) groups excluding carboxylic acids is 3. The van der Waals surface area contributed by atoms with Crippen molar-refractivity contribution in [2.24, 2.45) is 0 Å². The molecule has 2 N–H and O–H groups in total. The Balaban J connectivity index is 1.55. The maximum Gasteiger partial charge on any atom is 0.322 e. The van der Waals surface area contributed by atoms with Crippen molar-refractivity contribution in [3.05, 3.63) is 27.7 Å². The van der Waals surface area contributed by atoms with Crippen LogP contribution in [-0.2, 0) is 9.59 Å². The standard InChI is InChI=1S/C18H21Cl2N3O4/c1-27-16-12(8-11(19)9-13(16)20)10-4-6-23(7-5-10)15(24)3-2-14-17(25)22-18(26)21-14/h8-10,14H,2-7H2,1H3,(H2,21,22,25,26). The number of piperidine rings is 1. The molecule has 1 unspecified atom stereocenters. The zero-order chi connectivity index (χ0) is 19.6. The van der Waals surface area contributed by atoms with Crippen LogP contribution in [0.4, 0.5) is 4.79 Å². The summed E-state index contributed by atoms with van der Waals surface area (Å²) >= 11 is 12.4. The van der Waals surface area contributed by atoms with E-state index in [0.29, 0.717) is 35.3 Å². The topological polar surface area (TPSA) is 87.7 Å². The van der Waals surface area contributed by atoms with Crippen molar-refractivity contribution in [2.45, 2.75) is 37.6 Å². The van der Waals surface area contributed by atoms with E-state index in [-0.39, 0.29) is 24.2 Å². The number of imide groups is 1. The first-order valence-electron chi connectivity index (χ1n) is 8.81. The highest BCUT2D eigenvalue weighted by atomic mass is 35.5. The van der Waals surface area contributed by atoms with Gasteiger partial charge in [-0.3, -0.25) is 14.9 Å². The number of urea groups is 1. The summed E-state index contributed by atoms with van der Waals surface area (Å²) in [6.07, 6.45) is 2.07. The van der Waals surface area contributed by atoms with Gasteiger partial charge in [-0.25, -0.2) is 4.79 Å². The summed E-state index contributed by atoms with van der Waals surface area (Å²) in [6.45, 7) is 1.22. The fourth-order valence-electron chi connectivity index (χ4n) is 3.63. The van der Waals surface area contributed by atoms with Gasteiger partial charge in [0.1, 0.15) is 11.8 Å². The highest BCUT2D eigenvalue weighted by Crippen LogP contribution is 2.40. The molecule has 1 atom stereocenters. The number of amides is 4. The van der Waals surface area contributed by atoms with Gasteiger partial charge in [0.15, 0.2) is 0 Å². The molecule has 1 aromatic carbocycles. The van der Waals surface area contributed by atoms with E-state index in [0.717, 1.165) is 18.4 Å². The Hall–Kier alpha value is -1.99. The third kappa shape index (κ3) is 4.47. The van der Waals surface area contributed by atoms with Crippen molar-refractivity contribution in [2.75, 3.05) is 20.2 Å². The molecule has 4 amide bonds. The number of methoxy groups -OCH3 is 1. The smallest absolute Gasteiger partial charge is 0.322 e. The first kappa shape index (κ1) is 19.8. The van der Waals surface area contributed by atoms with Crippen LogP contribution in [0.5, 0.6) is 5.75 Å². The van der Waals surface area contributed by atoms with Crippen LogP contribution in [0.3, 0.4) is 0 Å². The fourth-order valence-corrected chi connectivity index (χ4v) is 4.21. The molecule has 0 radical (unpaired) electrons. The Morgan fingerprint density at radius 2 is 1.96 bits per heavy atom. The number of hydrogen-bond donors (Lipinski definition) is 2. The van der Waals surface area contributed by atoms with Crippen molar-refractivity contribution < 1.29 is 19.1 Å². The zero-order valence-corrected chi connectivity index (χ0v) is 16.4. The molecule has 0 saturated carbocycles. The molecular weight excluding hydrogens is 393 g/mol. The highest BCUT2D eigenvalue weighted by molar-refractivity contribution is 6.35. The van der Waals surface area contributed by atoms with E-state index in [2.05, 4.69) is 10.6 Å². The lowest BCUT2D eigenvalue weighted by atomic mass is 9.88. The lowest BCUT2D eigenvalue weighted by Gasteiger charge is -2.33. The Morgan fingerprint density at radius 3 is 2.56 bits per heavy atom. The SMILES string of the molecule is COc1c(Cl)cc(Cl)cc1C1CCN(C(=O)CCC2NC(=O)NC2=O)CC1. The predicted octanol–water partition coefficient (Wildman–Crippen LogP) is 2.70. The minimum Gasteiger partial charge on any atom is -0.495 e. The average molecular weight is 414 g/mol. The van der Waals surface area contributed by atoms with E-state index in [1.54, 1.807) is 18.1 Å². The molecular formula is C18H21Cl2N3O4. The first-order valence-corrected chi connectivity index (χ1v) is 9.56. The third-order valence-electron chi connectivity index (χ3n) is 5.03. The maximum absolute atomic E-state index is 12.4. The van der Waals surface area contributed by atoms with Gasteiger partial charge in [-0.1, -0.05) is 23.2 Å². The van der Waals surface area contributed by atoms with E-state index in [4.69, 9.17) is 27.9 Å². The molecule has 0 spiro atoms. The molecule has 0 bridgehead atoms. The second-order valence-electron chi connectivity index (χ2n) is 6.72. The first-order chi connectivity index (χ1) is 12.9. The summed E-state index contributed by atoms with van der Waals surface area (Å²) in [6, 6.07) is 2.39. The van der Waals surface area contributed by atoms with Crippen LogP contribution >= 0.6 is 23.2 Å². The van der Waals surface area contributed by atoms with Crippen LogP contribution < -0.4 is 15.4 Å². The van der Waals surface area contributed by atoms with Gasteiger partial charge in [-0.2, -0.15) is 0 Å². The van der Waals surface area contributed by atoms with E-state index >= 15 is 0 Å². The third-order valence-corrected chi connectivity index (χ3v) is 5.53. The summed E-state index contributed by atoms with van der Waals surface area (Å²) in [5.41, 5.74) is 0.965. The molecule has 3 rings (SSSR count). The zero-order valence-electron chi connectivity index (χ0n) is 14.9. The van der Waals surface area contributed by atoms with Gasteiger partial charge in [0, 0.05) is 30.1 Å². The molecule has 2 fully saturated rings. The molecule has 27 heavy (non-hydrogen) atoms. The molecule has 9 heteroatoms. The number of nitrogens with zero attached hydrogens (tertiary/aromatic N) is 1. The number of ether oxygens (including phenoxy) is 1. The van der Waals surface area contributed by atoms with Gasteiger partial charge >= 0.3 is 6.03 Å². The largest absolute Gasteiger partial charge is 0.495 e. The Morgan fingerprint density at radius 1 is 1.26 bits per heavy atom. The molecule has 146 valence electrons. The molecule has 2 heterocycles. The summed E-state index contributed by atoms with van der Waals surface area (Å²) < 4.78 is 5.43. The number of likely N-dealkylation sites (tertiary alicyclic amines) is 1. The minimum absolute atomic E-state index is 0.0153. The Bertz CT molecular complexity index is 763. The van der Waals surface area contributed by atoms with E-state index in [9.17, 15) is 14.4 Å². The van der Waals surface area contributed by atoms with Gasteiger partial charge in [0.25, 0.3) is 5.91 Å². The molecule has 1 aromatic rings. The maximum atomic E-state index is 12.4. The quantitative estimate of drug-likeness (QED) is 0.726. The van der Waals surface area contributed by atoms with Crippen molar-refractivity contribution in [1.29, 1.82) is 0 Å². The van der Waals surface area contributed by atoms with Gasteiger partial charge < -0.3 is 15.0 Å². The Kier molecular flexibility index (Phi) is 6.11. The molecule has 0 aliphatic carbocycles. The predicted molar refractivity (Wildman–Crippen MR) is 101 cm³/mol. The van der Waals surface area contributed by atoms with Gasteiger partial charge in [-0.15, -0.1) is 0 Å². The molecule has 2 aliphatic rings. The molecule has 2 saturated heterocycles. The van der Waals surface area contributed by atoms with Gasteiger partial charge in [0.2, 0.25) is 5.91 Å². The van der Waals surface area contributed by atoms with E-state index in [1.807, 2.05) is 6.07 Å². The number of halogens is 2. The summed E-state index contributed by atoms with van der Waals surface area (Å²) in [4.78, 5) is 36.9. The van der Waals surface area contributed by atoms with Crippen molar-refractivity contribution in [1.82, 2.24) is 15.5 Å². The fraction of sp³-hybridized carbons (Fsp3) is 0.500. The van der Waals surface area contributed by atoms with Crippen LogP contribution in [0.1, 0.15) is 37.2 Å². The van der Waals surface area contributed by atoms with Crippen molar-refractivity contribution in [3.8, 4) is 5.75 Å². The number of nitrogens with one attached hydrogen (secondary N) is 2. The molecule has 2 aliphatic heterocycles. The Labute approximate surface area is 167 Å². The van der Waals surface area contributed by atoms with Crippen molar-refractivity contribution >= 4 is 41.0 Å². The minimum atomic E-state index is -0.628. The second kappa shape index (κ2) is 8.35. The summed E-state index contributed by atoms with van der Waals surface area (Å²) in [5, 5.41) is 5.71. The van der Waals surface area contributed by atoms with Crippen LogP contribution in [0.15, 0.2) is 12.1 Å². The molecule has 0 aromatic heterocycles. The van der Waals surface area contributed by atoms with Crippen molar-refractivity contribution in [3.63, 3.8) is 0 Å². The summed E-state index contributed by atoms with van der Waals surface area (Å²) in [7, 11) is 1.58. The van der Waals surface area contributed by atoms with E-state index in [1.165, 1.54) is 0 Å². The van der Waals surface area contributed by atoms with Crippen LogP contribution in [0.2, 0.25) is 10.0 Å². The van der Waals surface area contributed by atoms with Crippen LogP contribution in [0.25, 0.3) is 0 Å². The number of rotatable bonds is 5. The van der Waals surface area contributed by atoms with Crippen LogP contribution in [-0.4, -0.2) is 49.0 Å². The van der Waals surface area contributed by atoms with E-state index < -0.39 is 12.1 Å². The molecule has 7 nitrogen and oxygen atoms in total. The lowest BCUT2D eigenvalue weighted by Crippen LogP contribution is -2.39.